The van der Waals surface area contributed by atoms with E-state index in [2.05, 4.69) is 54.1 Å². The molecule has 2 aromatic carbocycles. The van der Waals surface area contributed by atoms with Crippen molar-refractivity contribution in [3.63, 3.8) is 0 Å². The molecule has 3 rings (SSSR count). The average Bonchev–Trinajstić information content (AvgIpc) is 3.08. The van der Waals surface area contributed by atoms with Crippen molar-refractivity contribution in [2.24, 2.45) is 0 Å². The van der Waals surface area contributed by atoms with E-state index in [0.717, 1.165) is 31.7 Å². The van der Waals surface area contributed by atoms with Crippen LogP contribution in [-0.4, -0.2) is 24.8 Å². The van der Waals surface area contributed by atoms with Gasteiger partial charge < -0.3 is 14.2 Å². The second-order valence-electron chi connectivity index (χ2n) is 7.09. The molecule has 0 aliphatic heterocycles. The zero-order valence-corrected chi connectivity index (χ0v) is 16.1. The minimum Gasteiger partial charge on any atom is -0.379 e. The highest BCUT2D eigenvalue weighted by Crippen LogP contribution is 2.09. The van der Waals surface area contributed by atoms with Gasteiger partial charge in [-0.25, -0.2) is 4.39 Å². The summed E-state index contributed by atoms with van der Waals surface area (Å²) in [5, 5.41) is 0. The molecular weight excluding hydrogens is 339 g/mol. The van der Waals surface area contributed by atoms with E-state index in [1.54, 1.807) is 7.11 Å². The normalized spacial score (nSPS) is 12.3. The molecule has 0 amide bonds. The summed E-state index contributed by atoms with van der Waals surface area (Å²) in [7, 11) is 1.73. The van der Waals surface area contributed by atoms with Crippen LogP contribution in [0.5, 0.6) is 0 Å². The van der Waals surface area contributed by atoms with Crippen LogP contribution in [0, 0.1) is 12.7 Å². The monoisotopic (exact) mass is 367 g/mol. The van der Waals surface area contributed by atoms with E-state index in [4.69, 9.17) is 4.74 Å². The van der Waals surface area contributed by atoms with Crippen LogP contribution in [0.25, 0.3) is 0 Å². The predicted molar refractivity (Wildman–Crippen MR) is 106 cm³/mol. The Morgan fingerprint density at radius 2 is 1.78 bits per heavy atom. The van der Waals surface area contributed by atoms with E-state index in [9.17, 15) is 4.39 Å². The summed E-state index contributed by atoms with van der Waals surface area (Å²) in [5.74, 6) is -0.191. The van der Waals surface area contributed by atoms with Crippen LogP contribution in [-0.2, 0) is 24.4 Å². The van der Waals surface area contributed by atoms with Gasteiger partial charge in [0, 0.05) is 25.4 Å². The van der Waals surface area contributed by atoms with E-state index >= 15 is 0 Å². The number of rotatable bonds is 9. The average molecular weight is 367 g/mol. The Balaban J connectivity index is 1.71. The minimum atomic E-state index is -0.191. The predicted octanol–water partition coefficient (Wildman–Crippen LogP) is 3.22. The number of halogens is 1. The van der Waals surface area contributed by atoms with Crippen molar-refractivity contribution in [3.05, 3.63) is 95.1 Å². The van der Waals surface area contributed by atoms with Crippen LogP contribution < -0.4 is 4.90 Å². The SMILES string of the molecule is COCC[NH+](Cc1ccc(F)cc1)Cc1cccn1Cc1cccc(C)c1. The molecule has 1 atom stereocenters. The Morgan fingerprint density at radius 3 is 2.52 bits per heavy atom. The van der Waals surface area contributed by atoms with E-state index in [-0.39, 0.29) is 5.82 Å². The zero-order valence-electron chi connectivity index (χ0n) is 16.1. The van der Waals surface area contributed by atoms with Crippen LogP contribution in [0.15, 0.2) is 66.9 Å². The summed E-state index contributed by atoms with van der Waals surface area (Å²) in [6.45, 7) is 6.36. The van der Waals surface area contributed by atoms with Gasteiger partial charge in [-0.15, -0.1) is 0 Å². The number of hydrogen-bond donors (Lipinski definition) is 1. The van der Waals surface area contributed by atoms with Gasteiger partial charge in [0.05, 0.1) is 12.3 Å². The molecule has 3 nitrogen and oxygen atoms in total. The molecule has 0 aliphatic carbocycles. The standard InChI is InChI=1S/C23H27FN2O/c1-19-5-3-6-21(15-19)17-26-12-4-7-23(26)18-25(13-14-27-2)16-20-8-10-22(24)11-9-20/h3-12,15H,13-14,16-18H2,1-2H3/p+1. The highest BCUT2D eigenvalue weighted by atomic mass is 19.1. The number of methoxy groups -OCH3 is 1. The Hall–Kier alpha value is -2.43. The number of benzene rings is 2. The van der Waals surface area contributed by atoms with Crippen molar-refractivity contribution < 1.29 is 14.0 Å². The number of aryl methyl sites for hydroxylation is 1. The lowest BCUT2D eigenvalue weighted by atomic mass is 10.1. The third kappa shape index (κ3) is 5.78. The molecule has 1 heterocycles. The minimum absolute atomic E-state index is 0.191. The van der Waals surface area contributed by atoms with Crippen LogP contribution >= 0.6 is 0 Å². The van der Waals surface area contributed by atoms with Gasteiger partial charge in [-0.3, -0.25) is 0 Å². The summed E-state index contributed by atoms with van der Waals surface area (Å²) in [5.41, 5.74) is 5.03. The first-order valence-electron chi connectivity index (χ1n) is 9.40. The van der Waals surface area contributed by atoms with Gasteiger partial charge in [0.25, 0.3) is 0 Å². The maximum Gasteiger partial charge on any atom is 0.123 e. The van der Waals surface area contributed by atoms with Crippen molar-refractivity contribution in [2.45, 2.75) is 26.6 Å². The van der Waals surface area contributed by atoms with Crippen LogP contribution in [0.1, 0.15) is 22.4 Å². The van der Waals surface area contributed by atoms with Gasteiger partial charge in [0.15, 0.2) is 0 Å². The third-order valence-corrected chi connectivity index (χ3v) is 4.82. The van der Waals surface area contributed by atoms with Crippen molar-refractivity contribution >= 4 is 0 Å². The van der Waals surface area contributed by atoms with Crippen LogP contribution in [0.3, 0.4) is 0 Å². The molecule has 0 saturated heterocycles. The highest BCUT2D eigenvalue weighted by Gasteiger charge is 2.14. The number of nitrogens with zero attached hydrogens (tertiary/aromatic N) is 1. The highest BCUT2D eigenvalue weighted by molar-refractivity contribution is 5.23. The molecular formula is C23H28FN2O+. The molecule has 0 radical (unpaired) electrons. The Bertz CT molecular complexity index is 842. The summed E-state index contributed by atoms with van der Waals surface area (Å²) < 4.78 is 20.8. The van der Waals surface area contributed by atoms with Gasteiger partial charge in [-0.2, -0.15) is 0 Å². The lowest BCUT2D eigenvalue weighted by Gasteiger charge is -2.20. The number of ether oxygens (including phenoxy) is 1. The lowest BCUT2D eigenvalue weighted by Crippen LogP contribution is -3.10. The summed E-state index contributed by atoms with van der Waals surface area (Å²) in [6, 6.07) is 19.7. The fourth-order valence-corrected chi connectivity index (χ4v) is 3.40. The first kappa shape index (κ1) is 19.3. The molecule has 27 heavy (non-hydrogen) atoms. The van der Waals surface area contributed by atoms with E-state index in [1.807, 2.05) is 12.1 Å². The molecule has 0 aliphatic rings. The maximum absolute atomic E-state index is 13.2. The molecule has 142 valence electrons. The van der Waals surface area contributed by atoms with Gasteiger partial charge in [0.2, 0.25) is 0 Å². The molecule has 1 N–H and O–H groups in total. The van der Waals surface area contributed by atoms with Crippen molar-refractivity contribution in [1.29, 1.82) is 0 Å². The molecule has 1 unspecified atom stereocenters. The smallest absolute Gasteiger partial charge is 0.123 e. The van der Waals surface area contributed by atoms with Gasteiger partial charge in [0.1, 0.15) is 25.5 Å². The molecule has 3 aromatic rings. The fourth-order valence-electron chi connectivity index (χ4n) is 3.40. The maximum atomic E-state index is 13.2. The third-order valence-electron chi connectivity index (χ3n) is 4.82. The first-order chi connectivity index (χ1) is 13.1. The second kappa shape index (κ2) is 9.49. The molecule has 0 bridgehead atoms. The summed E-state index contributed by atoms with van der Waals surface area (Å²) in [4.78, 5) is 1.40. The molecule has 0 fully saturated rings. The largest absolute Gasteiger partial charge is 0.379 e. The van der Waals surface area contributed by atoms with Crippen molar-refractivity contribution in [1.82, 2.24) is 4.57 Å². The van der Waals surface area contributed by atoms with E-state index < -0.39 is 0 Å². The summed E-state index contributed by atoms with van der Waals surface area (Å²) >= 11 is 0. The number of aromatic nitrogens is 1. The fraction of sp³-hybridized carbons (Fsp3) is 0.304. The zero-order chi connectivity index (χ0) is 19.1. The topological polar surface area (TPSA) is 18.6 Å². The lowest BCUT2D eigenvalue weighted by molar-refractivity contribution is -0.928. The Morgan fingerprint density at radius 1 is 0.963 bits per heavy atom. The summed E-state index contributed by atoms with van der Waals surface area (Å²) in [6.07, 6.45) is 2.14. The van der Waals surface area contributed by atoms with Crippen molar-refractivity contribution in [2.75, 3.05) is 20.3 Å². The first-order valence-corrected chi connectivity index (χ1v) is 9.40. The molecule has 1 aromatic heterocycles. The van der Waals surface area contributed by atoms with Crippen LogP contribution in [0.2, 0.25) is 0 Å². The Labute approximate surface area is 161 Å². The Kier molecular flexibility index (Phi) is 6.80. The number of nitrogens with one attached hydrogen (secondary N) is 1. The van der Waals surface area contributed by atoms with Gasteiger partial charge in [-0.05, 0) is 36.8 Å². The molecule has 0 spiro atoms. The van der Waals surface area contributed by atoms with Crippen LogP contribution in [0.4, 0.5) is 4.39 Å². The van der Waals surface area contributed by atoms with E-state index in [0.29, 0.717) is 6.61 Å². The quantitative estimate of drug-likeness (QED) is 0.615. The number of hydrogen-bond acceptors (Lipinski definition) is 1. The van der Waals surface area contributed by atoms with E-state index in [1.165, 1.54) is 33.9 Å². The second-order valence-corrected chi connectivity index (χ2v) is 7.09. The van der Waals surface area contributed by atoms with Gasteiger partial charge in [-0.1, -0.05) is 42.0 Å². The van der Waals surface area contributed by atoms with Crippen molar-refractivity contribution in [3.8, 4) is 0 Å². The number of quaternary nitrogens is 1. The van der Waals surface area contributed by atoms with Gasteiger partial charge >= 0.3 is 0 Å². The molecule has 4 heteroatoms. The molecule has 0 saturated carbocycles.